The summed E-state index contributed by atoms with van der Waals surface area (Å²) in [5.74, 6) is -6.08. The van der Waals surface area contributed by atoms with Crippen molar-refractivity contribution in [3.8, 4) is 0 Å². The molecule has 12 rings (SSSR count). The number of piperazine rings is 3. The van der Waals surface area contributed by atoms with E-state index in [1.807, 2.05) is 14.7 Å². The molecule has 3 saturated heterocycles. The van der Waals surface area contributed by atoms with E-state index in [1.54, 1.807) is 31.9 Å². The first kappa shape index (κ1) is 51.3. The van der Waals surface area contributed by atoms with Crippen molar-refractivity contribution in [1.82, 2.24) is 29.7 Å². The number of nitrogens with zero attached hydrogens (tertiary/aromatic N) is 6. The van der Waals surface area contributed by atoms with Gasteiger partial charge in [-0.1, -0.05) is 0 Å². The van der Waals surface area contributed by atoms with Crippen molar-refractivity contribution in [3.63, 3.8) is 0 Å². The van der Waals surface area contributed by atoms with E-state index >= 15 is 0 Å². The summed E-state index contributed by atoms with van der Waals surface area (Å²) in [7, 11) is 0. The van der Waals surface area contributed by atoms with Crippen LogP contribution in [-0.2, 0) is 0 Å². The Morgan fingerprint density at radius 2 is 0.658 bits per heavy atom. The number of fused-ring (bicyclic) bond motifs is 3. The SMILES string of the molecule is O=C([O-])c1cn(C2CC2)c2cc(N3CCNCC3)c(F)cc2c1=O.O=C([O-])c1cn(C2CC2)c2cc(N3CCNCC3)c(F)cc2c1=O.O=C([O-])c1cn(C2CC2)c2cc(N3CCNCC3)c(F)cc2c1=O.[Ga+3]. The molecule has 3 aromatic heterocycles. The van der Waals surface area contributed by atoms with E-state index < -0.39 is 68.3 Å². The number of aromatic nitrogens is 3. The standard InChI is InChI=1S/3C17H18FN3O3.Ga/c3*18-13-7-11-14(8-15(13)20-5-3-19-4-6-20)21(10-1-2-10)9-12(16(11)22)17(23)24;/h3*7-10,19H,1-6H2,(H,23,24);/q;;;+3/p-3. The third-order valence-electron chi connectivity index (χ3n) is 14.2. The Hall–Kier alpha value is -6.59. The summed E-state index contributed by atoms with van der Waals surface area (Å²) in [6, 6.07) is 9.01. The molecule has 0 unspecified atom stereocenters. The Bertz CT molecular complexity index is 3010. The number of halogens is 3. The number of carboxylic acid groups (broad SMARTS) is 3. The predicted molar refractivity (Wildman–Crippen MR) is 263 cm³/mol. The van der Waals surface area contributed by atoms with Gasteiger partial charge in [-0.25, -0.2) is 13.2 Å². The number of aromatic carboxylic acids is 3. The van der Waals surface area contributed by atoms with Gasteiger partial charge in [-0.05, 0) is 74.9 Å². The third-order valence-corrected chi connectivity index (χ3v) is 14.2. The molecule has 3 aromatic carbocycles. The van der Waals surface area contributed by atoms with Crippen LogP contribution in [0.25, 0.3) is 32.7 Å². The first-order valence-corrected chi connectivity index (χ1v) is 24.3. The van der Waals surface area contributed by atoms with E-state index in [2.05, 4.69) is 16.0 Å². The van der Waals surface area contributed by atoms with Crippen LogP contribution >= 0.6 is 0 Å². The van der Waals surface area contributed by atoms with Crippen molar-refractivity contribution in [2.45, 2.75) is 56.7 Å². The molecule has 378 valence electrons. The van der Waals surface area contributed by atoms with E-state index in [4.69, 9.17) is 0 Å². The van der Waals surface area contributed by atoms with E-state index in [-0.39, 0.29) is 54.1 Å². The number of carboxylic acids is 3. The predicted octanol–water partition coefficient (Wildman–Crippen LogP) is 0.365. The zero-order valence-electron chi connectivity index (χ0n) is 39.7. The Kier molecular flexibility index (Phi) is 14.8. The van der Waals surface area contributed by atoms with Crippen molar-refractivity contribution < 1.29 is 42.9 Å². The minimum atomic E-state index is -1.53. The number of benzene rings is 3. The Balaban J connectivity index is 0.000000134. The monoisotopic (exact) mass is 1060 g/mol. The molecular weight excluding hydrogens is 1010 g/mol. The zero-order chi connectivity index (χ0) is 50.5. The average molecular weight is 1060 g/mol. The third kappa shape index (κ3) is 10.5. The summed E-state index contributed by atoms with van der Waals surface area (Å²) < 4.78 is 49.1. The van der Waals surface area contributed by atoms with E-state index in [9.17, 15) is 57.3 Å². The molecule has 6 aromatic rings. The minimum absolute atomic E-state index is 0. The number of carbonyl (C=O) groups is 3. The van der Waals surface area contributed by atoms with E-state index in [0.29, 0.717) is 72.9 Å². The molecule has 6 aliphatic rings. The second-order valence-corrected chi connectivity index (χ2v) is 19.1. The fourth-order valence-corrected chi connectivity index (χ4v) is 9.92. The van der Waals surface area contributed by atoms with Gasteiger partial charge in [0.1, 0.15) is 17.5 Å². The van der Waals surface area contributed by atoms with Crippen LogP contribution in [0.15, 0.2) is 69.4 Å². The largest absolute Gasteiger partial charge is 3.00 e. The molecular formula is C51H51F3GaN9O9. The van der Waals surface area contributed by atoms with Crippen LogP contribution in [0.5, 0.6) is 0 Å². The van der Waals surface area contributed by atoms with Crippen molar-refractivity contribution >= 4 is 87.5 Å². The molecule has 73 heavy (non-hydrogen) atoms. The van der Waals surface area contributed by atoms with Gasteiger partial charge in [0.2, 0.25) is 0 Å². The van der Waals surface area contributed by atoms with Crippen LogP contribution in [0, 0.1) is 17.5 Å². The number of rotatable bonds is 9. The quantitative estimate of drug-likeness (QED) is 0.166. The fourth-order valence-electron chi connectivity index (χ4n) is 9.92. The molecule has 0 spiro atoms. The van der Waals surface area contributed by atoms with Gasteiger partial charge in [0, 0.05) is 131 Å². The molecule has 0 amide bonds. The van der Waals surface area contributed by atoms with Gasteiger partial charge < -0.3 is 74.1 Å². The van der Waals surface area contributed by atoms with E-state index in [1.165, 1.54) is 36.8 Å². The van der Waals surface area contributed by atoms with Crippen LogP contribution in [0.4, 0.5) is 30.2 Å². The summed E-state index contributed by atoms with van der Waals surface area (Å²) in [5.41, 5.74) is -0.173. The minimum Gasteiger partial charge on any atom is -0.545 e. The maximum atomic E-state index is 14.6. The summed E-state index contributed by atoms with van der Waals surface area (Å²) in [6.45, 7) is 8.77. The van der Waals surface area contributed by atoms with Crippen LogP contribution in [0.1, 0.15) is 87.7 Å². The van der Waals surface area contributed by atoms with E-state index in [0.717, 1.165) is 77.8 Å². The molecule has 0 radical (unpaired) electrons. The van der Waals surface area contributed by atoms with Gasteiger partial charge in [-0.3, -0.25) is 14.4 Å². The maximum Gasteiger partial charge on any atom is 3.00 e. The van der Waals surface area contributed by atoms with Crippen molar-refractivity contribution in [3.05, 3.63) is 120 Å². The fraction of sp³-hybridized carbons (Fsp3) is 0.412. The number of carbonyl (C=O) groups excluding carboxylic acids is 3. The number of nitrogens with one attached hydrogen (secondary N) is 3. The van der Waals surface area contributed by atoms with Gasteiger partial charge >= 0.3 is 19.8 Å². The number of hydrogen-bond acceptors (Lipinski definition) is 15. The second-order valence-electron chi connectivity index (χ2n) is 19.1. The molecule has 3 aliphatic carbocycles. The molecule has 0 bridgehead atoms. The summed E-state index contributed by atoms with van der Waals surface area (Å²) in [5, 5.41) is 43.6. The van der Waals surface area contributed by atoms with Crippen LogP contribution < -0.4 is 62.3 Å². The van der Waals surface area contributed by atoms with Gasteiger partial charge in [0.25, 0.3) is 0 Å². The van der Waals surface area contributed by atoms with Crippen LogP contribution in [0.2, 0.25) is 0 Å². The molecule has 3 aliphatic heterocycles. The topological polar surface area (TPSA) is 232 Å². The average Bonchev–Trinajstić information content (AvgIpc) is 4.20. The number of pyridine rings is 3. The molecule has 6 fully saturated rings. The number of hydrogen-bond donors (Lipinski definition) is 3. The first-order chi connectivity index (χ1) is 34.7. The van der Waals surface area contributed by atoms with Crippen molar-refractivity contribution in [2.24, 2.45) is 0 Å². The summed E-state index contributed by atoms with van der Waals surface area (Å²) >= 11 is 0. The van der Waals surface area contributed by atoms with Crippen molar-refractivity contribution in [1.29, 1.82) is 0 Å². The smallest absolute Gasteiger partial charge is 0.545 e. The Morgan fingerprint density at radius 3 is 0.863 bits per heavy atom. The van der Waals surface area contributed by atoms with Gasteiger partial charge in [0.05, 0.1) is 68.2 Å². The summed E-state index contributed by atoms with van der Waals surface area (Å²) in [4.78, 5) is 76.7. The van der Waals surface area contributed by atoms with Gasteiger partial charge in [-0.2, -0.15) is 0 Å². The Labute approximate surface area is 428 Å². The van der Waals surface area contributed by atoms with Gasteiger partial charge in [0.15, 0.2) is 16.3 Å². The molecule has 0 atom stereocenters. The zero-order valence-corrected chi connectivity index (χ0v) is 42.1. The number of anilines is 3. The first-order valence-electron chi connectivity index (χ1n) is 24.3. The van der Waals surface area contributed by atoms with Gasteiger partial charge in [-0.15, -0.1) is 0 Å². The van der Waals surface area contributed by atoms with Crippen LogP contribution in [-0.4, -0.2) is 130 Å². The summed E-state index contributed by atoms with van der Waals surface area (Å²) in [6.07, 6.45) is 9.56. The normalized spacial score (nSPS) is 17.9. The molecule has 3 N–H and O–H groups in total. The molecule has 3 saturated carbocycles. The maximum absolute atomic E-state index is 14.6. The molecule has 6 heterocycles. The van der Waals surface area contributed by atoms with Crippen LogP contribution in [0.3, 0.4) is 0 Å². The molecule has 22 heteroatoms. The van der Waals surface area contributed by atoms with Crippen molar-refractivity contribution in [2.75, 3.05) is 93.2 Å². The Morgan fingerprint density at radius 1 is 0.425 bits per heavy atom. The second kappa shape index (κ2) is 21.1. The molecule has 18 nitrogen and oxygen atoms in total.